The fourth-order valence-corrected chi connectivity index (χ4v) is 2.67. The van der Waals surface area contributed by atoms with Gasteiger partial charge in [0.1, 0.15) is 0 Å². The molecule has 1 aliphatic heterocycles. The van der Waals surface area contributed by atoms with Crippen LogP contribution in [0.4, 0.5) is 13.2 Å². The molecular formula is C12H13F3OS. The Bertz CT molecular complexity index is 355. The lowest BCUT2D eigenvalue weighted by Gasteiger charge is -2.10. The molecule has 1 nitrogen and oxygen atoms in total. The van der Waals surface area contributed by atoms with E-state index in [1.807, 2.05) is 0 Å². The highest BCUT2D eigenvalue weighted by Crippen LogP contribution is 2.31. The van der Waals surface area contributed by atoms with Crippen LogP contribution in [-0.4, -0.2) is 18.5 Å². The van der Waals surface area contributed by atoms with E-state index in [9.17, 15) is 13.2 Å². The van der Waals surface area contributed by atoms with Gasteiger partial charge in [0.05, 0.1) is 11.7 Å². The summed E-state index contributed by atoms with van der Waals surface area (Å²) in [6.45, 7) is 0.804. The van der Waals surface area contributed by atoms with Gasteiger partial charge >= 0.3 is 6.18 Å². The molecule has 1 aromatic rings. The van der Waals surface area contributed by atoms with Crippen molar-refractivity contribution >= 4 is 11.8 Å². The van der Waals surface area contributed by atoms with Gasteiger partial charge in [-0.1, -0.05) is 0 Å². The molecule has 1 saturated heterocycles. The van der Waals surface area contributed by atoms with Crippen LogP contribution in [-0.2, 0) is 10.9 Å². The Balaban J connectivity index is 1.89. The molecule has 1 heterocycles. The molecule has 2 rings (SSSR count). The van der Waals surface area contributed by atoms with E-state index < -0.39 is 11.7 Å². The average molecular weight is 262 g/mol. The van der Waals surface area contributed by atoms with Crippen LogP contribution < -0.4 is 0 Å². The minimum absolute atomic E-state index is 0.252. The van der Waals surface area contributed by atoms with Crippen molar-refractivity contribution in [1.29, 1.82) is 0 Å². The molecule has 0 bridgehead atoms. The van der Waals surface area contributed by atoms with Gasteiger partial charge in [0, 0.05) is 17.3 Å². The summed E-state index contributed by atoms with van der Waals surface area (Å²) in [4.78, 5) is 0.855. The zero-order chi connectivity index (χ0) is 12.3. The van der Waals surface area contributed by atoms with E-state index in [2.05, 4.69) is 0 Å². The van der Waals surface area contributed by atoms with Crippen molar-refractivity contribution in [3.05, 3.63) is 29.8 Å². The fourth-order valence-electron chi connectivity index (χ4n) is 1.71. The zero-order valence-corrected chi connectivity index (χ0v) is 9.98. The standard InChI is InChI=1S/C12H13F3OS/c13-12(14,15)9-3-5-11(6-4-9)17-8-10-2-1-7-16-10/h3-6,10H,1-2,7-8H2/t10-/m1/s1. The minimum Gasteiger partial charge on any atom is -0.377 e. The molecule has 17 heavy (non-hydrogen) atoms. The van der Waals surface area contributed by atoms with Gasteiger partial charge < -0.3 is 4.74 Å². The Hall–Kier alpha value is -0.680. The van der Waals surface area contributed by atoms with Gasteiger partial charge in [-0.25, -0.2) is 0 Å². The lowest BCUT2D eigenvalue weighted by molar-refractivity contribution is -0.137. The van der Waals surface area contributed by atoms with Crippen molar-refractivity contribution in [2.24, 2.45) is 0 Å². The van der Waals surface area contributed by atoms with Crippen molar-refractivity contribution < 1.29 is 17.9 Å². The number of rotatable bonds is 3. The molecule has 0 amide bonds. The topological polar surface area (TPSA) is 9.23 Å². The third-order valence-electron chi connectivity index (χ3n) is 2.64. The van der Waals surface area contributed by atoms with Crippen LogP contribution in [0.3, 0.4) is 0 Å². The smallest absolute Gasteiger partial charge is 0.377 e. The van der Waals surface area contributed by atoms with E-state index in [0.29, 0.717) is 0 Å². The maximum absolute atomic E-state index is 12.3. The van der Waals surface area contributed by atoms with Gasteiger partial charge in [0.15, 0.2) is 0 Å². The van der Waals surface area contributed by atoms with Crippen LogP contribution in [0.2, 0.25) is 0 Å². The molecule has 5 heteroatoms. The van der Waals surface area contributed by atoms with Crippen LogP contribution in [0.5, 0.6) is 0 Å². The highest BCUT2D eigenvalue weighted by molar-refractivity contribution is 7.99. The molecular weight excluding hydrogens is 249 g/mol. The average Bonchev–Trinajstić information content (AvgIpc) is 2.78. The lowest BCUT2D eigenvalue weighted by atomic mass is 10.2. The number of benzene rings is 1. The number of thioether (sulfide) groups is 1. The predicted molar refractivity (Wildman–Crippen MR) is 61.1 cm³/mol. The van der Waals surface area contributed by atoms with Crippen molar-refractivity contribution in [2.75, 3.05) is 12.4 Å². The molecule has 1 fully saturated rings. The molecule has 0 aliphatic carbocycles. The molecule has 1 atom stereocenters. The Morgan fingerprint density at radius 1 is 1.24 bits per heavy atom. The molecule has 0 spiro atoms. The summed E-state index contributed by atoms with van der Waals surface area (Å²) in [6.07, 6.45) is -1.87. The first-order valence-electron chi connectivity index (χ1n) is 5.47. The second-order valence-corrected chi connectivity index (χ2v) is 5.06. The first-order chi connectivity index (χ1) is 8.05. The quantitative estimate of drug-likeness (QED) is 0.762. The van der Waals surface area contributed by atoms with Gasteiger partial charge in [-0.15, -0.1) is 11.8 Å². The second-order valence-electron chi connectivity index (χ2n) is 3.97. The van der Waals surface area contributed by atoms with E-state index in [1.165, 1.54) is 12.1 Å². The van der Waals surface area contributed by atoms with E-state index in [0.717, 1.165) is 42.2 Å². The highest BCUT2D eigenvalue weighted by atomic mass is 32.2. The summed E-state index contributed by atoms with van der Waals surface area (Å²) >= 11 is 1.54. The first-order valence-corrected chi connectivity index (χ1v) is 6.46. The summed E-state index contributed by atoms with van der Waals surface area (Å²) in [5, 5.41) is 0. The highest BCUT2D eigenvalue weighted by Gasteiger charge is 2.29. The lowest BCUT2D eigenvalue weighted by Crippen LogP contribution is -2.07. The van der Waals surface area contributed by atoms with Gasteiger partial charge in [0.25, 0.3) is 0 Å². The van der Waals surface area contributed by atoms with Crippen LogP contribution in [0.25, 0.3) is 0 Å². The Kier molecular flexibility index (Phi) is 3.99. The Labute approximate surface area is 102 Å². The number of hydrogen-bond donors (Lipinski definition) is 0. The third kappa shape index (κ3) is 3.64. The summed E-state index contributed by atoms with van der Waals surface area (Å²) in [6, 6.07) is 5.28. The van der Waals surface area contributed by atoms with E-state index in [1.54, 1.807) is 11.8 Å². The molecule has 0 N–H and O–H groups in total. The summed E-state index contributed by atoms with van der Waals surface area (Å²) in [5.41, 5.74) is -0.598. The van der Waals surface area contributed by atoms with Gasteiger partial charge in [-0.05, 0) is 37.1 Å². The van der Waals surface area contributed by atoms with Gasteiger partial charge in [-0.2, -0.15) is 13.2 Å². The van der Waals surface area contributed by atoms with Crippen molar-refractivity contribution in [1.82, 2.24) is 0 Å². The van der Waals surface area contributed by atoms with Crippen LogP contribution in [0, 0.1) is 0 Å². The Morgan fingerprint density at radius 2 is 1.94 bits per heavy atom. The van der Waals surface area contributed by atoms with Crippen molar-refractivity contribution in [3.63, 3.8) is 0 Å². The molecule has 1 aromatic carbocycles. The van der Waals surface area contributed by atoms with Crippen LogP contribution in [0.15, 0.2) is 29.2 Å². The normalized spacial score (nSPS) is 20.8. The predicted octanol–water partition coefficient (Wildman–Crippen LogP) is 3.98. The van der Waals surface area contributed by atoms with E-state index in [-0.39, 0.29) is 6.10 Å². The van der Waals surface area contributed by atoms with Crippen LogP contribution in [0.1, 0.15) is 18.4 Å². The number of ether oxygens (including phenoxy) is 1. The maximum Gasteiger partial charge on any atom is 0.416 e. The molecule has 0 aromatic heterocycles. The SMILES string of the molecule is FC(F)(F)c1ccc(SC[C@H]2CCCO2)cc1. The minimum atomic E-state index is -4.25. The number of hydrogen-bond acceptors (Lipinski definition) is 2. The molecule has 0 radical (unpaired) electrons. The van der Waals surface area contributed by atoms with Gasteiger partial charge in [-0.3, -0.25) is 0 Å². The molecule has 0 unspecified atom stereocenters. The second kappa shape index (κ2) is 5.31. The maximum atomic E-state index is 12.3. The van der Waals surface area contributed by atoms with Crippen LogP contribution >= 0.6 is 11.8 Å². The van der Waals surface area contributed by atoms with Gasteiger partial charge in [0.2, 0.25) is 0 Å². The monoisotopic (exact) mass is 262 g/mol. The van der Waals surface area contributed by atoms with Crippen molar-refractivity contribution in [2.45, 2.75) is 30.0 Å². The Morgan fingerprint density at radius 3 is 2.47 bits per heavy atom. The number of alkyl halides is 3. The third-order valence-corrected chi connectivity index (χ3v) is 3.79. The molecule has 0 saturated carbocycles. The number of halogens is 3. The first kappa shape index (κ1) is 12.8. The summed E-state index contributed by atoms with van der Waals surface area (Å²) < 4.78 is 42.4. The zero-order valence-electron chi connectivity index (χ0n) is 9.17. The largest absolute Gasteiger partial charge is 0.416 e. The summed E-state index contributed by atoms with van der Waals surface area (Å²) in [5.74, 6) is 0.811. The van der Waals surface area contributed by atoms with Crippen molar-refractivity contribution in [3.8, 4) is 0 Å². The molecule has 1 aliphatic rings. The van der Waals surface area contributed by atoms with E-state index >= 15 is 0 Å². The fraction of sp³-hybridized carbons (Fsp3) is 0.500. The molecule has 94 valence electrons. The summed E-state index contributed by atoms with van der Waals surface area (Å²) in [7, 11) is 0. The van der Waals surface area contributed by atoms with E-state index in [4.69, 9.17) is 4.74 Å².